The summed E-state index contributed by atoms with van der Waals surface area (Å²) in [6.45, 7) is 1.17. The highest BCUT2D eigenvalue weighted by Gasteiger charge is 2.50. The van der Waals surface area contributed by atoms with E-state index in [9.17, 15) is 23.5 Å². The van der Waals surface area contributed by atoms with Crippen LogP contribution in [0.15, 0.2) is 66.7 Å². The van der Waals surface area contributed by atoms with Gasteiger partial charge in [0.2, 0.25) is 0 Å². The number of hydrogen-bond donors (Lipinski definition) is 2. The van der Waals surface area contributed by atoms with E-state index >= 15 is 0 Å². The van der Waals surface area contributed by atoms with Gasteiger partial charge in [-0.25, -0.2) is 13.6 Å². The highest BCUT2D eigenvalue weighted by Crippen LogP contribution is 2.32. The van der Waals surface area contributed by atoms with Crippen LogP contribution in [0.2, 0.25) is 0 Å². The van der Waals surface area contributed by atoms with Gasteiger partial charge in [0, 0.05) is 27.4 Å². The van der Waals surface area contributed by atoms with Gasteiger partial charge in [0.1, 0.15) is 17.2 Å². The van der Waals surface area contributed by atoms with E-state index in [1.54, 1.807) is 0 Å². The number of halogens is 2. The standard InChI is InChI=1S/C25H21F2N3O3/c1-25(19-12-15(26)10-11-20(19)27)23(32)30(24(33)28-25)14-16(31)13-29-21-8-4-2-6-17(21)18-7-3-5-9-22(18)29/h2-12,16,31H,13-14H2,1H3,(H,28,33)/t16-,25-/m1/s1. The van der Waals surface area contributed by atoms with Crippen molar-refractivity contribution in [2.75, 3.05) is 6.54 Å². The van der Waals surface area contributed by atoms with Gasteiger partial charge < -0.3 is 15.0 Å². The molecule has 0 unspecified atom stereocenters. The van der Waals surface area contributed by atoms with Crippen LogP contribution < -0.4 is 5.32 Å². The maximum absolute atomic E-state index is 14.4. The predicted molar refractivity (Wildman–Crippen MR) is 119 cm³/mol. The fourth-order valence-electron chi connectivity index (χ4n) is 4.61. The Morgan fingerprint density at radius 3 is 2.18 bits per heavy atom. The molecule has 1 aliphatic heterocycles. The monoisotopic (exact) mass is 449 g/mol. The number of urea groups is 1. The number of amides is 3. The van der Waals surface area contributed by atoms with E-state index in [2.05, 4.69) is 5.32 Å². The van der Waals surface area contributed by atoms with Crippen molar-refractivity contribution in [3.8, 4) is 0 Å². The lowest BCUT2D eigenvalue weighted by Crippen LogP contribution is -2.43. The number of aliphatic hydroxyl groups excluding tert-OH is 1. The molecule has 1 aliphatic rings. The summed E-state index contributed by atoms with van der Waals surface area (Å²) in [6, 6.07) is 17.5. The van der Waals surface area contributed by atoms with Crippen LogP contribution in [0.25, 0.3) is 21.8 Å². The molecule has 0 bridgehead atoms. The first-order chi connectivity index (χ1) is 15.8. The normalized spacial score (nSPS) is 19.5. The lowest BCUT2D eigenvalue weighted by molar-refractivity contribution is -0.132. The number of rotatable bonds is 5. The minimum Gasteiger partial charge on any atom is -0.389 e. The first kappa shape index (κ1) is 21.1. The molecular formula is C25H21F2N3O3. The number of nitrogens with zero attached hydrogens (tertiary/aromatic N) is 2. The molecule has 2 atom stereocenters. The molecule has 33 heavy (non-hydrogen) atoms. The van der Waals surface area contributed by atoms with Crippen molar-refractivity contribution in [2.24, 2.45) is 0 Å². The van der Waals surface area contributed by atoms with Gasteiger partial charge in [-0.05, 0) is 37.3 Å². The molecule has 0 spiro atoms. The molecular weight excluding hydrogens is 428 g/mol. The topological polar surface area (TPSA) is 74.6 Å². The van der Waals surface area contributed by atoms with Crippen molar-refractivity contribution < 1.29 is 23.5 Å². The maximum Gasteiger partial charge on any atom is 0.325 e. The van der Waals surface area contributed by atoms with Crippen LogP contribution in [0.4, 0.5) is 13.6 Å². The Morgan fingerprint density at radius 2 is 1.55 bits per heavy atom. The molecule has 1 fully saturated rings. The zero-order valence-corrected chi connectivity index (χ0v) is 17.8. The Morgan fingerprint density at radius 1 is 0.939 bits per heavy atom. The van der Waals surface area contributed by atoms with E-state index in [0.29, 0.717) is 0 Å². The van der Waals surface area contributed by atoms with Crippen molar-refractivity contribution in [1.82, 2.24) is 14.8 Å². The first-order valence-electron chi connectivity index (χ1n) is 10.5. The smallest absolute Gasteiger partial charge is 0.325 e. The summed E-state index contributed by atoms with van der Waals surface area (Å²) < 4.78 is 30.0. The molecule has 0 saturated carbocycles. The number of fused-ring (bicyclic) bond motifs is 3. The third-order valence-corrected chi connectivity index (χ3v) is 6.21. The SMILES string of the molecule is C[C@]1(c2cc(F)ccc2F)NC(=O)N(C[C@H](O)Cn2c3ccccc3c3ccccc32)C1=O. The fourth-order valence-corrected chi connectivity index (χ4v) is 4.61. The highest BCUT2D eigenvalue weighted by molar-refractivity contribution is 6.08. The minimum absolute atomic E-state index is 0.135. The van der Waals surface area contributed by atoms with Gasteiger partial charge in [0.25, 0.3) is 5.91 Å². The molecule has 8 heteroatoms. The maximum atomic E-state index is 14.4. The molecule has 2 heterocycles. The Hall–Kier alpha value is -3.78. The predicted octanol–water partition coefficient (Wildman–Crippen LogP) is 3.90. The second-order valence-corrected chi connectivity index (χ2v) is 8.39. The number of imide groups is 1. The second kappa shape index (κ2) is 7.67. The summed E-state index contributed by atoms with van der Waals surface area (Å²) in [5.74, 6) is -2.28. The molecule has 3 aromatic carbocycles. The van der Waals surface area contributed by atoms with E-state index in [1.807, 2.05) is 53.1 Å². The van der Waals surface area contributed by atoms with Gasteiger partial charge in [0.05, 0.1) is 19.2 Å². The molecule has 168 valence electrons. The van der Waals surface area contributed by atoms with Gasteiger partial charge in [-0.1, -0.05) is 36.4 Å². The summed E-state index contributed by atoms with van der Waals surface area (Å²) in [5, 5.41) is 15.4. The van der Waals surface area contributed by atoms with E-state index in [1.165, 1.54) is 6.92 Å². The Labute approximate surface area is 188 Å². The lowest BCUT2D eigenvalue weighted by Gasteiger charge is -2.24. The molecule has 2 N–H and O–H groups in total. The van der Waals surface area contributed by atoms with Crippen LogP contribution in [0, 0.1) is 11.6 Å². The van der Waals surface area contributed by atoms with Crippen LogP contribution in [0.1, 0.15) is 12.5 Å². The molecule has 0 radical (unpaired) electrons. The van der Waals surface area contributed by atoms with Gasteiger partial charge >= 0.3 is 6.03 Å². The summed E-state index contributed by atoms with van der Waals surface area (Å²) in [5.41, 5.74) is -0.195. The third-order valence-electron chi connectivity index (χ3n) is 6.21. The number of para-hydroxylation sites is 2. The molecule has 3 amide bonds. The van der Waals surface area contributed by atoms with E-state index in [0.717, 1.165) is 44.9 Å². The van der Waals surface area contributed by atoms with Gasteiger partial charge in [-0.3, -0.25) is 9.69 Å². The van der Waals surface area contributed by atoms with Crippen molar-refractivity contribution in [3.05, 3.63) is 83.9 Å². The Bertz CT molecular complexity index is 1360. The summed E-state index contributed by atoms with van der Waals surface area (Å²) in [6.07, 6.45) is -1.08. The number of nitrogens with one attached hydrogen (secondary N) is 1. The van der Waals surface area contributed by atoms with E-state index in [-0.39, 0.29) is 18.7 Å². The summed E-state index contributed by atoms with van der Waals surface area (Å²) >= 11 is 0. The molecule has 1 saturated heterocycles. The molecule has 1 aromatic heterocycles. The third kappa shape index (κ3) is 3.34. The quantitative estimate of drug-likeness (QED) is 0.454. The minimum atomic E-state index is -1.77. The van der Waals surface area contributed by atoms with Crippen molar-refractivity contribution >= 4 is 33.7 Å². The van der Waals surface area contributed by atoms with Gasteiger partial charge in [-0.15, -0.1) is 0 Å². The van der Waals surface area contributed by atoms with Crippen LogP contribution in [-0.2, 0) is 16.9 Å². The Kier molecular flexibility index (Phi) is 4.90. The second-order valence-electron chi connectivity index (χ2n) is 8.39. The number of benzene rings is 3. The number of β-amino-alcohol motifs (C(OH)–C–C–N with tert-alkyl or cyclic N) is 1. The van der Waals surface area contributed by atoms with E-state index < -0.39 is 35.2 Å². The van der Waals surface area contributed by atoms with Crippen LogP contribution >= 0.6 is 0 Å². The number of aliphatic hydroxyl groups is 1. The lowest BCUT2D eigenvalue weighted by atomic mass is 9.91. The summed E-state index contributed by atoms with van der Waals surface area (Å²) in [4.78, 5) is 26.5. The highest BCUT2D eigenvalue weighted by atomic mass is 19.1. The van der Waals surface area contributed by atoms with Crippen LogP contribution in [-0.4, -0.2) is 39.2 Å². The first-order valence-corrected chi connectivity index (χ1v) is 10.5. The molecule has 4 aromatic rings. The molecule has 5 rings (SSSR count). The van der Waals surface area contributed by atoms with Crippen molar-refractivity contribution in [3.63, 3.8) is 0 Å². The average Bonchev–Trinajstić information content (AvgIpc) is 3.23. The number of carbonyl (C=O) groups is 2. The zero-order valence-electron chi connectivity index (χ0n) is 17.8. The zero-order chi connectivity index (χ0) is 23.3. The average molecular weight is 449 g/mol. The molecule has 0 aliphatic carbocycles. The Balaban J connectivity index is 1.43. The number of hydrogen-bond acceptors (Lipinski definition) is 3. The van der Waals surface area contributed by atoms with Gasteiger partial charge in [-0.2, -0.15) is 0 Å². The van der Waals surface area contributed by atoms with Crippen molar-refractivity contribution in [1.29, 1.82) is 0 Å². The number of aromatic nitrogens is 1. The fraction of sp³-hybridized carbons (Fsp3) is 0.200. The number of carbonyl (C=O) groups excluding carboxylic acids is 2. The van der Waals surface area contributed by atoms with Gasteiger partial charge in [0.15, 0.2) is 0 Å². The van der Waals surface area contributed by atoms with Crippen LogP contribution in [0.3, 0.4) is 0 Å². The summed E-state index contributed by atoms with van der Waals surface area (Å²) in [7, 11) is 0. The van der Waals surface area contributed by atoms with Crippen LogP contribution in [0.5, 0.6) is 0 Å². The largest absolute Gasteiger partial charge is 0.389 e. The van der Waals surface area contributed by atoms with Crippen molar-refractivity contribution in [2.45, 2.75) is 25.1 Å². The van der Waals surface area contributed by atoms with E-state index in [4.69, 9.17) is 0 Å². The molecule has 6 nitrogen and oxygen atoms in total.